The molecule has 0 amide bonds. The maximum absolute atomic E-state index is 11.3. The second-order valence-corrected chi connectivity index (χ2v) is 4.01. The van der Waals surface area contributed by atoms with Gasteiger partial charge in [0.1, 0.15) is 12.0 Å². The molecule has 0 aliphatic rings. The Bertz CT molecular complexity index is 716. The fourth-order valence-electron chi connectivity index (χ4n) is 1.66. The maximum Gasteiger partial charge on any atom is 0.269 e. The molecule has 0 bridgehead atoms. The third kappa shape index (κ3) is 2.28. The third-order valence-electron chi connectivity index (χ3n) is 2.62. The second-order valence-electron chi connectivity index (χ2n) is 4.01. The first-order chi connectivity index (χ1) is 9.74. The van der Waals surface area contributed by atoms with Gasteiger partial charge in [-0.2, -0.15) is 0 Å². The zero-order chi connectivity index (χ0) is 13.9. The summed E-state index contributed by atoms with van der Waals surface area (Å²) in [5, 5.41) is 9.78. The van der Waals surface area contributed by atoms with Crippen LogP contribution >= 0.6 is 0 Å². The highest BCUT2D eigenvalue weighted by atomic mass is 16.5. The molecule has 2 aromatic heterocycles. The molecule has 0 fully saturated rings. The van der Waals surface area contributed by atoms with Gasteiger partial charge in [0.25, 0.3) is 5.88 Å². The Labute approximate surface area is 113 Å². The number of aromatic nitrogens is 4. The minimum Gasteiger partial charge on any atom is -0.445 e. The van der Waals surface area contributed by atoms with Crippen LogP contribution in [0.15, 0.2) is 41.1 Å². The van der Waals surface area contributed by atoms with Crippen molar-refractivity contribution in [1.82, 2.24) is 20.4 Å². The Balaban J connectivity index is 1.82. The van der Waals surface area contributed by atoms with E-state index in [4.69, 9.17) is 9.15 Å². The molecule has 0 radical (unpaired) electrons. The van der Waals surface area contributed by atoms with Gasteiger partial charge in [-0.05, 0) is 24.3 Å². The number of nitrogens with zero attached hydrogens (tertiary/aromatic N) is 3. The van der Waals surface area contributed by atoms with Crippen LogP contribution in [0.5, 0.6) is 11.6 Å². The zero-order valence-electron chi connectivity index (χ0n) is 10.5. The van der Waals surface area contributed by atoms with E-state index in [2.05, 4.69) is 20.4 Å². The standard InChI is InChI=1S/C13H10N4O3/c1-8(18)11-13(16-17-15-11)20-10-4-2-9(3-5-10)12-14-6-7-19-12/h2-7H,1H3,(H,15,16,17). The normalized spacial score (nSPS) is 10.4. The molecule has 7 nitrogen and oxygen atoms in total. The van der Waals surface area contributed by atoms with Crippen LogP contribution < -0.4 is 4.74 Å². The Morgan fingerprint density at radius 3 is 2.75 bits per heavy atom. The number of aromatic amines is 1. The molecule has 100 valence electrons. The Kier molecular flexibility index (Phi) is 3.00. The van der Waals surface area contributed by atoms with Gasteiger partial charge in [-0.15, -0.1) is 0 Å². The number of carbonyl (C=O) groups excluding carboxylic acids is 1. The summed E-state index contributed by atoms with van der Waals surface area (Å²) in [6.45, 7) is 1.41. The van der Waals surface area contributed by atoms with Gasteiger partial charge in [-0.1, -0.05) is 10.3 Å². The number of carbonyl (C=O) groups is 1. The van der Waals surface area contributed by atoms with Crippen molar-refractivity contribution in [2.24, 2.45) is 0 Å². The number of ether oxygens (including phenoxy) is 1. The molecule has 20 heavy (non-hydrogen) atoms. The predicted molar refractivity (Wildman–Crippen MR) is 68.4 cm³/mol. The van der Waals surface area contributed by atoms with Crippen LogP contribution in [0.25, 0.3) is 11.5 Å². The monoisotopic (exact) mass is 270 g/mol. The topological polar surface area (TPSA) is 93.9 Å². The molecule has 0 aliphatic heterocycles. The number of nitrogens with one attached hydrogen (secondary N) is 1. The molecule has 1 N–H and O–H groups in total. The number of rotatable bonds is 4. The summed E-state index contributed by atoms with van der Waals surface area (Å²) < 4.78 is 10.7. The summed E-state index contributed by atoms with van der Waals surface area (Å²) in [7, 11) is 0. The fourth-order valence-corrected chi connectivity index (χ4v) is 1.66. The van der Waals surface area contributed by atoms with Crippen LogP contribution in [0.2, 0.25) is 0 Å². The highest BCUT2D eigenvalue weighted by molar-refractivity contribution is 5.94. The molecule has 2 heterocycles. The minimum absolute atomic E-state index is 0.154. The van der Waals surface area contributed by atoms with Crippen LogP contribution in [0.1, 0.15) is 17.4 Å². The van der Waals surface area contributed by atoms with Crippen LogP contribution in [0.4, 0.5) is 0 Å². The predicted octanol–water partition coefficient (Wildman–Crippen LogP) is 2.45. The first kappa shape index (κ1) is 12.1. The van der Waals surface area contributed by atoms with Crippen molar-refractivity contribution < 1.29 is 13.9 Å². The molecule has 0 aliphatic carbocycles. The van der Waals surface area contributed by atoms with Crippen molar-refractivity contribution in [3.8, 4) is 23.1 Å². The van der Waals surface area contributed by atoms with E-state index in [1.54, 1.807) is 30.5 Å². The van der Waals surface area contributed by atoms with Gasteiger partial charge in [0.2, 0.25) is 5.89 Å². The smallest absolute Gasteiger partial charge is 0.269 e. The lowest BCUT2D eigenvalue weighted by Gasteiger charge is -2.03. The molecular weight excluding hydrogens is 260 g/mol. The lowest BCUT2D eigenvalue weighted by atomic mass is 10.2. The van der Waals surface area contributed by atoms with Crippen LogP contribution in [-0.2, 0) is 0 Å². The number of ketones is 1. The summed E-state index contributed by atoms with van der Waals surface area (Å²) >= 11 is 0. The molecule has 3 aromatic rings. The van der Waals surface area contributed by atoms with E-state index in [0.717, 1.165) is 5.56 Å². The van der Waals surface area contributed by atoms with Crippen molar-refractivity contribution in [2.75, 3.05) is 0 Å². The molecule has 0 atom stereocenters. The summed E-state index contributed by atoms with van der Waals surface area (Å²) in [5.74, 6) is 1.03. The van der Waals surface area contributed by atoms with Crippen molar-refractivity contribution in [3.05, 3.63) is 42.4 Å². The number of H-pyrrole nitrogens is 1. The Morgan fingerprint density at radius 1 is 1.30 bits per heavy atom. The molecule has 0 unspecified atom stereocenters. The Hall–Kier alpha value is -2.96. The van der Waals surface area contributed by atoms with Crippen LogP contribution in [0, 0.1) is 0 Å². The van der Waals surface area contributed by atoms with Crippen molar-refractivity contribution >= 4 is 5.78 Å². The minimum atomic E-state index is -0.193. The summed E-state index contributed by atoms with van der Waals surface area (Å²) in [6.07, 6.45) is 3.09. The summed E-state index contributed by atoms with van der Waals surface area (Å²) in [5.41, 5.74) is 1.07. The van der Waals surface area contributed by atoms with Crippen LogP contribution in [-0.4, -0.2) is 26.2 Å². The van der Waals surface area contributed by atoms with E-state index in [0.29, 0.717) is 11.6 Å². The largest absolute Gasteiger partial charge is 0.445 e. The first-order valence-electron chi connectivity index (χ1n) is 5.84. The number of hydrogen-bond donors (Lipinski definition) is 1. The molecule has 0 saturated carbocycles. The molecule has 1 aromatic carbocycles. The molecule has 7 heteroatoms. The summed E-state index contributed by atoms with van der Waals surface area (Å²) in [6, 6.07) is 7.07. The van der Waals surface area contributed by atoms with Gasteiger partial charge >= 0.3 is 0 Å². The highest BCUT2D eigenvalue weighted by Gasteiger charge is 2.13. The third-order valence-corrected chi connectivity index (χ3v) is 2.62. The lowest BCUT2D eigenvalue weighted by Crippen LogP contribution is -1.96. The molecular formula is C13H10N4O3. The van der Waals surface area contributed by atoms with E-state index < -0.39 is 0 Å². The van der Waals surface area contributed by atoms with Gasteiger partial charge in [0.05, 0.1) is 6.20 Å². The van der Waals surface area contributed by atoms with E-state index in [1.165, 1.54) is 13.2 Å². The van der Waals surface area contributed by atoms with Gasteiger partial charge < -0.3 is 9.15 Å². The molecule has 0 spiro atoms. The number of hydrogen-bond acceptors (Lipinski definition) is 6. The van der Waals surface area contributed by atoms with Crippen LogP contribution in [0.3, 0.4) is 0 Å². The zero-order valence-corrected chi connectivity index (χ0v) is 10.5. The number of Topliss-reactive ketones (excluding diaryl/α,β-unsaturated/α-hetero) is 1. The average Bonchev–Trinajstić information content (AvgIpc) is 3.10. The quantitative estimate of drug-likeness (QED) is 0.732. The Morgan fingerprint density at radius 2 is 2.10 bits per heavy atom. The SMILES string of the molecule is CC(=O)c1[nH]nnc1Oc1ccc(-c2ncco2)cc1. The molecule has 0 saturated heterocycles. The first-order valence-corrected chi connectivity index (χ1v) is 5.84. The van der Waals surface area contributed by atoms with Crippen molar-refractivity contribution in [2.45, 2.75) is 6.92 Å². The summed E-state index contributed by atoms with van der Waals surface area (Å²) in [4.78, 5) is 15.4. The van der Waals surface area contributed by atoms with E-state index in [9.17, 15) is 4.79 Å². The maximum atomic E-state index is 11.3. The van der Waals surface area contributed by atoms with E-state index in [-0.39, 0.29) is 17.4 Å². The average molecular weight is 270 g/mol. The van der Waals surface area contributed by atoms with Crippen molar-refractivity contribution in [1.29, 1.82) is 0 Å². The van der Waals surface area contributed by atoms with Gasteiger partial charge in [0, 0.05) is 12.5 Å². The van der Waals surface area contributed by atoms with Gasteiger partial charge in [-0.3, -0.25) is 9.89 Å². The fraction of sp³-hybridized carbons (Fsp3) is 0.0769. The lowest BCUT2D eigenvalue weighted by molar-refractivity contribution is 0.101. The van der Waals surface area contributed by atoms with E-state index >= 15 is 0 Å². The van der Waals surface area contributed by atoms with E-state index in [1.807, 2.05) is 0 Å². The highest BCUT2D eigenvalue weighted by Crippen LogP contribution is 2.25. The van der Waals surface area contributed by atoms with Gasteiger partial charge in [-0.25, -0.2) is 4.98 Å². The van der Waals surface area contributed by atoms with Crippen molar-refractivity contribution in [3.63, 3.8) is 0 Å². The second kappa shape index (κ2) is 4.96. The number of oxazole rings is 1. The molecule has 3 rings (SSSR count). The van der Waals surface area contributed by atoms with Gasteiger partial charge in [0.15, 0.2) is 11.5 Å². The number of benzene rings is 1.